The molecule has 2 aromatic heterocycles. The first-order valence-corrected chi connectivity index (χ1v) is 12.6. The molecule has 1 aromatic carbocycles. The normalized spacial score (nSPS) is 19.6. The third-order valence-electron chi connectivity index (χ3n) is 7.07. The number of hydrogen-bond acceptors (Lipinski definition) is 8. The predicted molar refractivity (Wildman–Crippen MR) is 142 cm³/mol. The maximum Gasteiger partial charge on any atom is 0.228 e. The van der Waals surface area contributed by atoms with Crippen LogP contribution < -0.4 is 10.2 Å². The highest BCUT2D eigenvalue weighted by Gasteiger charge is 2.31. The summed E-state index contributed by atoms with van der Waals surface area (Å²) in [4.78, 5) is 24.0. The molecule has 1 fully saturated rings. The van der Waals surface area contributed by atoms with Gasteiger partial charge in [0.2, 0.25) is 5.95 Å². The van der Waals surface area contributed by atoms with Crippen LogP contribution in [0.2, 0.25) is 0 Å². The number of aliphatic imine (C=N–C) groups is 1. The van der Waals surface area contributed by atoms with E-state index in [1.54, 1.807) is 7.11 Å². The van der Waals surface area contributed by atoms with E-state index in [9.17, 15) is 0 Å². The number of ether oxygens (including phenoxy) is 1. The Morgan fingerprint density at radius 3 is 2.78 bits per heavy atom. The SMILES string of the molecule is COC[C@@H]1CCCN1c1nc(NC2=NCC3=C2CN(Cc2ccccn2)C3)cc(-c2ccccc2)n1. The van der Waals surface area contributed by atoms with Crippen molar-refractivity contribution in [1.82, 2.24) is 19.9 Å². The first-order chi connectivity index (χ1) is 17.8. The number of pyridine rings is 1. The lowest BCUT2D eigenvalue weighted by Crippen LogP contribution is -2.34. The van der Waals surface area contributed by atoms with E-state index >= 15 is 0 Å². The maximum atomic E-state index is 5.48. The van der Waals surface area contributed by atoms with Gasteiger partial charge in [0, 0.05) is 56.7 Å². The highest BCUT2D eigenvalue weighted by atomic mass is 16.5. The van der Waals surface area contributed by atoms with Crippen molar-refractivity contribution in [2.75, 3.05) is 50.1 Å². The Balaban J connectivity index is 1.25. The second-order valence-electron chi connectivity index (χ2n) is 9.59. The summed E-state index contributed by atoms with van der Waals surface area (Å²) in [6.45, 7) is 4.98. The lowest BCUT2D eigenvalue weighted by molar-refractivity contribution is 0.180. The summed E-state index contributed by atoms with van der Waals surface area (Å²) in [5.41, 5.74) is 5.73. The Bertz CT molecular complexity index is 1280. The van der Waals surface area contributed by atoms with E-state index in [1.807, 2.05) is 42.6 Å². The van der Waals surface area contributed by atoms with Crippen LogP contribution in [0.25, 0.3) is 11.3 Å². The summed E-state index contributed by atoms with van der Waals surface area (Å²) in [6.07, 6.45) is 4.06. The smallest absolute Gasteiger partial charge is 0.228 e. The second kappa shape index (κ2) is 10.2. The lowest BCUT2D eigenvalue weighted by Gasteiger charge is -2.25. The van der Waals surface area contributed by atoms with Gasteiger partial charge in [0.05, 0.1) is 30.6 Å². The standard InChI is InChI=1S/C28H31N7O/c1-36-19-23-11-7-13-35(23)28-31-25(20-8-3-2-4-9-20)14-26(33-28)32-27-24-18-34(16-21(24)15-30-27)17-22-10-5-6-12-29-22/h2-6,8-10,12,14,23H,7,11,13,15-19H2,1H3,(H,30,31,32,33)/t23-/m0/s1. The average Bonchev–Trinajstić information content (AvgIpc) is 3.63. The van der Waals surface area contributed by atoms with Crippen molar-refractivity contribution < 1.29 is 4.74 Å². The van der Waals surface area contributed by atoms with Crippen LogP contribution in [-0.4, -0.2) is 71.6 Å². The zero-order valence-corrected chi connectivity index (χ0v) is 20.6. The molecular formula is C28H31N7O. The Hall–Kier alpha value is -3.62. The minimum atomic E-state index is 0.294. The monoisotopic (exact) mass is 481 g/mol. The summed E-state index contributed by atoms with van der Waals surface area (Å²) >= 11 is 0. The van der Waals surface area contributed by atoms with Crippen molar-refractivity contribution in [2.45, 2.75) is 25.4 Å². The minimum absolute atomic E-state index is 0.294. The fraction of sp³-hybridized carbons (Fsp3) is 0.357. The number of anilines is 2. The van der Waals surface area contributed by atoms with Crippen LogP contribution in [0.5, 0.6) is 0 Å². The van der Waals surface area contributed by atoms with E-state index < -0.39 is 0 Å². The van der Waals surface area contributed by atoms with Crippen LogP contribution in [0.1, 0.15) is 18.5 Å². The van der Waals surface area contributed by atoms with Crippen molar-refractivity contribution in [1.29, 1.82) is 0 Å². The number of methoxy groups -OCH3 is 1. The number of aromatic nitrogens is 3. The second-order valence-corrected chi connectivity index (χ2v) is 9.59. The van der Waals surface area contributed by atoms with Crippen molar-refractivity contribution in [3.8, 4) is 11.3 Å². The highest BCUT2D eigenvalue weighted by Crippen LogP contribution is 2.30. The fourth-order valence-corrected chi connectivity index (χ4v) is 5.33. The predicted octanol–water partition coefficient (Wildman–Crippen LogP) is 3.79. The molecule has 1 atom stereocenters. The molecule has 0 saturated carbocycles. The largest absolute Gasteiger partial charge is 0.383 e. The number of nitrogens with zero attached hydrogens (tertiary/aromatic N) is 6. The molecule has 0 spiro atoms. The molecule has 8 heteroatoms. The van der Waals surface area contributed by atoms with Crippen LogP contribution in [-0.2, 0) is 11.3 Å². The Morgan fingerprint density at radius 1 is 1.06 bits per heavy atom. The van der Waals surface area contributed by atoms with Crippen LogP contribution in [0, 0.1) is 0 Å². The average molecular weight is 482 g/mol. The van der Waals surface area contributed by atoms with E-state index in [-0.39, 0.29) is 0 Å². The lowest BCUT2D eigenvalue weighted by atomic mass is 10.1. The number of rotatable bonds is 7. The van der Waals surface area contributed by atoms with Crippen LogP contribution in [0.15, 0.2) is 76.9 Å². The summed E-state index contributed by atoms with van der Waals surface area (Å²) in [6, 6.07) is 18.7. The van der Waals surface area contributed by atoms with Crippen molar-refractivity contribution >= 4 is 17.6 Å². The van der Waals surface area contributed by atoms with Gasteiger partial charge in [0.25, 0.3) is 0 Å². The molecule has 0 radical (unpaired) electrons. The Kier molecular flexibility index (Phi) is 6.44. The van der Waals surface area contributed by atoms with Crippen LogP contribution in [0.3, 0.4) is 0 Å². The van der Waals surface area contributed by atoms with Gasteiger partial charge in [0.15, 0.2) is 0 Å². The zero-order valence-electron chi connectivity index (χ0n) is 20.6. The van der Waals surface area contributed by atoms with Gasteiger partial charge in [-0.3, -0.25) is 14.9 Å². The third kappa shape index (κ3) is 4.74. The zero-order chi connectivity index (χ0) is 24.3. The highest BCUT2D eigenvalue weighted by molar-refractivity contribution is 6.10. The first kappa shape index (κ1) is 22.8. The number of amidine groups is 1. The molecule has 0 aliphatic carbocycles. The molecule has 3 aliphatic heterocycles. The summed E-state index contributed by atoms with van der Waals surface area (Å²) in [7, 11) is 1.76. The minimum Gasteiger partial charge on any atom is -0.383 e. The Labute approximate surface area is 211 Å². The van der Waals surface area contributed by atoms with Gasteiger partial charge in [-0.25, -0.2) is 4.98 Å². The molecule has 1 saturated heterocycles. The van der Waals surface area contributed by atoms with E-state index in [1.165, 1.54) is 11.1 Å². The van der Waals surface area contributed by atoms with Gasteiger partial charge in [0.1, 0.15) is 11.7 Å². The van der Waals surface area contributed by atoms with E-state index in [4.69, 9.17) is 19.7 Å². The van der Waals surface area contributed by atoms with Crippen LogP contribution >= 0.6 is 0 Å². The van der Waals surface area contributed by atoms with E-state index in [0.29, 0.717) is 12.6 Å². The van der Waals surface area contributed by atoms with E-state index in [2.05, 4.69) is 38.3 Å². The summed E-state index contributed by atoms with van der Waals surface area (Å²) in [5.74, 6) is 2.44. The number of hydrogen-bond donors (Lipinski definition) is 1. The number of nitrogens with one attached hydrogen (secondary N) is 1. The maximum absolute atomic E-state index is 5.48. The molecule has 8 nitrogen and oxygen atoms in total. The summed E-state index contributed by atoms with van der Waals surface area (Å²) < 4.78 is 5.48. The van der Waals surface area contributed by atoms with Crippen molar-refractivity contribution in [3.63, 3.8) is 0 Å². The van der Waals surface area contributed by atoms with E-state index in [0.717, 1.165) is 80.1 Å². The van der Waals surface area contributed by atoms with Gasteiger partial charge >= 0.3 is 0 Å². The van der Waals surface area contributed by atoms with Gasteiger partial charge in [-0.1, -0.05) is 36.4 Å². The van der Waals surface area contributed by atoms with Gasteiger partial charge < -0.3 is 15.0 Å². The van der Waals surface area contributed by atoms with Crippen molar-refractivity contribution in [3.05, 3.63) is 77.6 Å². The molecule has 36 heavy (non-hydrogen) atoms. The fourth-order valence-electron chi connectivity index (χ4n) is 5.33. The molecule has 1 N–H and O–H groups in total. The molecule has 0 bridgehead atoms. The molecule has 3 aromatic rings. The molecule has 6 rings (SSSR count). The molecule has 5 heterocycles. The quantitative estimate of drug-likeness (QED) is 0.550. The summed E-state index contributed by atoms with van der Waals surface area (Å²) in [5, 5.41) is 3.56. The molecule has 0 unspecified atom stereocenters. The van der Waals surface area contributed by atoms with Crippen molar-refractivity contribution in [2.24, 2.45) is 4.99 Å². The van der Waals surface area contributed by atoms with Crippen LogP contribution in [0.4, 0.5) is 11.8 Å². The first-order valence-electron chi connectivity index (χ1n) is 12.6. The van der Waals surface area contributed by atoms with Gasteiger partial charge in [-0.15, -0.1) is 0 Å². The number of benzene rings is 1. The van der Waals surface area contributed by atoms with Gasteiger partial charge in [-0.2, -0.15) is 4.98 Å². The topological polar surface area (TPSA) is 78.8 Å². The molecular weight excluding hydrogens is 450 g/mol. The Morgan fingerprint density at radius 2 is 1.94 bits per heavy atom. The molecule has 3 aliphatic rings. The molecule has 184 valence electrons. The van der Waals surface area contributed by atoms with Gasteiger partial charge in [-0.05, 0) is 30.5 Å². The third-order valence-corrected chi connectivity index (χ3v) is 7.07. The molecule has 0 amide bonds.